The Balaban J connectivity index is 3.06. The second-order valence-electron chi connectivity index (χ2n) is 4.07. The van der Waals surface area contributed by atoms with Gasteiger partial charge >= 0.3 is 0 Å². The molecular formula is C11H17NOS. The van der Waals surface area contributed by atoms with Crippen LogP contribution in [0.4, 0.5) is 5.69 Å². The standard InChI is InChI=1S/C11H17NOS/c1-8(11(2,3)13)9-6-4-5-7-10(9)12-14/h4-8,12-14H,1-3H3. The molecule has 0 aromatic heterocycles. The van der Waals surface area contributed by atoms with E-state index in [-0.39, 0.29) is 5.92 Å². The number of benzene rings is 1. The zero-order valence-corrected chi connectivity index (χ0v) is 9.68. The van der Waals surface area contributed by atoms with Crippen molar-refractivity contribution >= 4 is 18.5 Å². The van der Waals surface area contributed by atoms with E-state index in [1.54, 1.807) is 0 Å². The molecule has 0 saturated heterocycles. The van der Waals surface area contributed by atoms with Crippen molar-refractivity contribution in [3.05, 3.63) is 29.8 Å². The van der Waals surface area contributed by atoms with E-state index in [2.05, 4.69) is 17.5 Å². The minimum absolute atomic E-state index is 0.0679. The molecular weight excluding hydrogens is 194 g/mol. The Bertz CT molecular complexity index is 306. The molecule has 1 aromatic rings. The summed E-state index contributed by atoms with van der Waals surface area (Å²) >= 11 is 4.04. The van der Waals surface area contributed by atoms with Crippen molar-refractivity contribution in [2.75, 3.05) is 4.72 Å². The molecule has 0 heterocycles. The third-order valence-electron chi connectivity index (χ3n) is 2.61. The Labute approximate surface area is 90.9 Å². The fourth-order valence-electron chi connectivity index (χ4n) is 1.36. The molecule has 2 nitrogen and oxygen atoms in total. The summed E-state index contributed by atoms with van der Waals surface area (Å²) in [6.45, 7) is 5.63. The molecule has 0 spiro atoms. The first-order chi connectivity index (χ1) is 6.46. The summed E-state index contributed by atoms with van der Waals surface area (Å²) in [6.07, 6.45) is 0. The summed E-state index contributed by atoms with van der Waals surface area (Å²) in [5.41, 5.74) is 1.31. The maximum atomic E-state index is 9.91. The van der Waals surface area contributed by atoms with E-state index >= 15 is 0 Å². The normalized spacial score (nSPS) is 13.8. The van der Waals surface area contributed by atoms with Gasteiger partial charge in [0.1, 0.15) is 0 Å². The quantitative estimate of drug-likeness (QED) is 0.672. The Morgan fingerprint density at radius 2 is 1.93 bits per heavy atom. The maximum absolute atomic E-state index is 9.91. The van der Waals surface area contributed by atoms with E-state index < -0.39 is 5.60 Å². The molecule has 0 aliphatic carbocycles. The zero-order chi connectivity index (χ0) is 10.8. The predicted octanol–water partition coefficient (Wildman–Crippen LogP) is 2.82. The first-order valence-electron chi connectivity index (χ1n) is 4.68. The van der Waals surface area contributed by atoms with Crippen molar-refractivity contribution in [2.45, 2.75) is 32.3 Å². The summed E-state index contributed by atoms with van der Waals surface area (Å²) in [5.74, 6) is 0.0679. The lowest BCUT2D eigenvalue weighted by molar-refractivity contribution is 0.0561. The van der Waals surface area contributed by atoms with Gasteiger partial charge in [0.05, 0.1) is 5.60 Å². The average molecular weight is 211 g/mol. The molecule has 3 heteroatoms. The van der Waals surface area contributed by atoms with Crippen molar-refractivity contribution in [3.63, 3.8) is 0 Å². The van der Waals surface area contributed by atoms with Gasteiger partial charge in [0.15, 0.2) is 0 Å². The summed E-state index contributed by atoms with van der Waals surface area (Å²) in [5, 5.41) is 9.91. The van der Waals surface area contributed by atoms with E-state index in [9.17, 15) is 5.11 Å². The molecule has 14 heavy (non-hydrogen) atoms. The molecule has 1 rings (SSSR count). The van der Waals surface area contributed by atoms with Crippen molar-refractivity contribution in [1.82, 2.24) is 0 Å². The second kappa shape index (κ2) is 4.24. The van der Waals surface area contributed by atoms with Crippen LogP contribution >= 0.6 is 12.8 Å². The van der Waals surface area contributed by atoms with Crippen LogP contribution in [0.25, 0.3) is 0 Å². The monoisotopic (exact) mass is 211 g/mol. The van der Waals surface area contributed by atoms with Crippen molar-refractivity contribution < 1.29 is 5.11 Å². The van der Waals surface area contributed by atoms with Crippen molar-refractivity contribution in [2.24, 2.45) is 0 Å². The van der Waals surface area contributed by atoms with E-state index in [0.717, 1.165) is 11.3 Å². The molecule has 0 aliphatic heterocycles. The SMILES string of the molecule is CC(c1ccccc1NS)C(C)(C)O. The van der Waals surface area contributed by atoms with Crippen LogP contribution < -0.4 is 4.72 Å². The molecule has 0 bridgehead atoms. The predicted molar refractivity (Wildman–Crippen MR) is 63.8 cm³/mol. The Kier molecular flexibility index (Phi) is 3.45. The van der Waals surface area contributed by atoms with Crippen LogP contribution in [0.5, 0.6) is 0 Å². The van der Waals surface area contributed by atoms with Gasteiger partial charge in [0.25, 0.3) is 0 Å². The van der Waals surface area contributed by atoms with Gasteiger partial charge in [-0.3, -0.25) is 0 Å². The van der Waals surface area contributed by atoms with E-state index in [4.69, 9.17) is 0 Å². The van der Waals surface area contributed by atoms with Gasteiger partial charge in [-0.1, -0.05) is 37.9 Å². The summed E-state index contributed by atoms with van der Waals surface area (Å²) in [6, 6.07) is 7.86. The number of para-hydroxylation sites is 1. The number of nitrogens with one attached hydrogen (secondary N) is 1. The van der Waals surface area contributed by atoms with E-state index in [1.165, 1.54) is 0 Å². The molecule has 0 radical (unpaired) electrons. The van der Waals surface area contributed by atoms with Crippen LogP contribution in [0.2, 0.25) is 0 Å². The fraction of sp³-hybridized carbons (Fsp3) is 0.455. The maximum Gasteiger partial charge on any atom is 0.0658 e. The van der Waals surface area contributed by atoms with Crippen LogP contribution in [0.3, 0.4) is 0 Å². The summed E-state index contributed by atoms with van der Waals surface area (Å²) < 4.78 is 2.83. The van der Waals surface area contributed by atoms with Gasteiger partial charge in [-0.2, -0.15) is 0 Å². The highest BCUT2D eigenvalue weighted by Crippen LogP contribution is 2.32. The lowest BCUT2D eigenvalue weighted by atomic mass is 9.85. The molecule has 0 amide bonds. The second-order valence-corrected chi connectivity index (χ2v) is 4.30. The van der Waals surface area contributed by atoms with Gasteiger partial charge in [-0.05, 0) is 25.5 Å². The van der Waals surface area contributed by atoms with Gasteiger partial charge < -0.3 is 9.83 Å². The van der Waals surface area contributed by atoms with Crippen LogP contribution in [0, 0.1) is 0 Å². The Morgan fingerprint density at radius 3 is 2.43 bits per heavy atom. The molecule has 0 aliphatic rings. The number of thiol groups is 1. The highest BCUT2D eigenvalue weighted by Gasteiger charge is 2.25. The third-order valence-corrected chi connectivity index (χ3v) is 2.85. The molecule has 0 saturated carbocycles. The van der Waals surface area contributed by atoms with Gasteiger partial charge in [0, 0.05) is 11.6 Å². The van der Waals surface area contributed by atoms with E-state index in [1.807, 2.05) is 45.0 Å². The minimum Gasteiger partial charge on any atom is -0.390 e. The summed E-state index contributed by atoms with van der Waals surface area (Å²) in [7, 11) is 0. The number of hydrogen-bond acceptors (Lipinski definition) is 3. The number of rotatable bonds is 3. The first kappa shape index (κ1) is 11.4. The Morgan fingerprint density at radius 1 is 1.36 bits per heavy atom. The highest BCUT2D eigenvalue weighted by molar-refractivity contribution is 7.81. The van der Waals surface area contributed by atoms with Gasteiger partial charge in [-0.15, -0.1) is 0 Å². The number of aliphatic hydroxyl groups is 1. The smallest absolute Gasteiger partial charge is 0.0658 e. The minimum atomic E-state index is -0.721. The van der Waals surface area contributed by atoms with E-state index in [0.29, 0.717) is 0 Å². The van der Waals surface area contributed by atoms with Crippen LogP contribution in [-0.2, 0) is 0 Å². The molecule has 78 valence electrons. The summed E-state index contributed by atoms with van der Waals surface area (Å²) in [4.78, 5) is 0. The zero-order valence-electron chi connectivity index (χ0n) is 8.78. The number of hydrogen-bond donors (Lipinski definition) is 3. The largest absolute Gasteiger partial charge is 0.390 e. The van der Waals surface area contributed by atoms with Crippen molar-refractivity contribution in [3.8, 4) is 0 Å². The average Bonchev–Trinajstić information content (AvgIpc) is 2.15. The van der Waals surface area contributed by atoms with Crippen molar-refractivity contribution in [1.29, 1.82) is 0 Å². The van der Waals surface area contributed by atoms with Crippen LogP contribution in [0.1, 0.15) is 32.3 Å². The van der Waals surface area contributed by atoms with Gasteiger partial charge in [-0.25, -0.2) is 0 Å². The molecule has 1 unspecified atom stereocenters. The lowest BCUT2D eigenvalue weighted by Gasteiger charge is -2.27. The fourth-order valence-corrected chi connectivity index (χ4v) is 1.56. The molecule has 1 atom stereocenters. The molecule has 2 N–H and O–H groups in total. The van der Waals surface area contributed by atoms with Crippen LogP contribution in [0.15, 0.2) is 24.3 Å². The lowest BCUT2D eigenvalue weighted by Crippen LogP contribution is -2.27. The Hall–Kier alpha value is -0.670. The molecule has 0 fully saturated rings. The third kappa shape index (κ3) is 2.42. The first-order valence-corrected chi connectivity index (χ1v) is 5.13. The number of anilines is 1. The molecule has 1 aromatic carbocycles. The topological polar surface area (TPSA) is 32.3 Å². The highest BCUT2D eigenvalue weighted by atomic mass is 32.1. The van der Waals surface area contributed by atoms with Crippen LogP contribution in [-0.4, -0.2) is 10.7 Å². The van der Waals surface area contributed by atoms with Gasteiger partial charge in [0.2, 0.25) is 0 Å².